The molecule has 3 heteroatoms. The summed E-state index contributed by atoms with van der Waals surface area (Å²) in [7, 11) is 5.63. The van der Waals surface area contributed by atoms with E-state index in [1.54, 1.807) is 0 Å². The molecular formula is C14H13BClN. The van der Waals surface area contributed by atoms with Crippen LogP contribution in [0.3, 0.4) is 0 Å². The number of rotatable bonds is 3. The number of halogens is 1. The molecule has 0 aliphatic carbocycles. The average molecular weight is 242 g/mol. The molecule has 0 saturated heterocycles. The van der Waals surface area contributed by atoms with Crippen LogP contribution in [0, 0.1) is 0 Å². The molecule has 0 unspecified atom stereocenters. The first-order valence-corrected chi connectivity index (χ1v) is 5.24. The van der Waals surface area contributed by atoms with Gasteiger partial charge in [0.1, 0.15) is 7.85 Å². The molecule has 0 saturated carbocycles. The maximum Gasteiger partial charge on any atom is 0.173 e. The first kappa shape index (κ1) is 13.5. The van der Waals surface area contributed by atoms with Crippen molar-refractivity contribution in [1.82, 2.24) is 0 Å². The summed E-state index contributed by atoms with van der Waals surface area (Å²) >= 11 is 0. The lowest BCUT2D eigenvalue weighted by molar-refractivity contribution is -0.688. The molecule has 2 rings (SSSR count). The van der Waals surface area contributed by atoms with Crippen LogP contribution in [0.5, 0.6) is 0 Å². The van der Waals surface area contributed by atoms with Gasteiger partial charge in [-0.3, -0.25) is 0 Å². The van der Waals surface area contributed by atoms with Crippen molar-refractivity contribution in [3.05, 3.63) is 66.5 Å². The highest BCUT2D eigenvalue weighted by atomic mass is 35.5. The highest BCUT2D eigenvalue weighted by Gasteiger charge is 2.01. The van der Waals surface area contributed by atoms with Crippen molar-refractivity contribution in [3.8, 4) is 0 Å². The lowest BCUT2D eigenvalue weighted by atomic mass is 9.98. The maximum atomic E-state index is 5.63. The second-order valence-electron chi connectivity index (χ2n) is 3.75. The van der Waals surface area contributed by atoms with Crippen molar-refractivity contribution in [2.45, 2.75) is 6.54 Å². The molecule has 17 heavy (non-hydrogen) atoms. The molecule has 0 aliphatic rings. The minimum Gasteiger partial charge on any atom is -1.00 e. The van der Waals surface area contributed by atoms with Crippen LogP contribution < -0.4 is 22.4 Å². The Labute approximate surface area is 110 Å². The monoisotopic (exact) mass is 241 g/mol. The summed E-state index contributed by atoms with van der Waals surface area (Å²) in [5.41, 5.74) is 3.20. The predicted molar refractivity (Wildman–Crippen MR) is 67.7 cm³/mol. The average Bonchev–Trinajstić information content (AvgIpc) is 2.33. The molecule has 1 nitrogen and oxygen atoms in total. The van der Waals surface area contributed by atoms with Crippen LogP contribution in [0.2, 0.25) is 0 Å². The molecule has 1 aromatic carbocycles. The third-order valence-corrected chi connectivity index (χ3v) is 2.50. The van der Waals surface area contributed by atoms with Crippen molar-refractivity contribution >= 4 is 19.4 Å². The van der Waals surface area contributed by atoms with Gasteiger partial charge in [-0.15, -0.1) is 0 Å². The Balaban J connectivity index is 0.00000144. The van der Waals surface area contributed by atoms with Crippen molar-refractivity contribution in [1.29, 1.82) is 0 Å². The Morgan fingerprint density at radius 2 is 1.65 bits per heavy atom. The second-order valence-corrected chi connectivity index (χ2v) is 3.75. The molecule has 0 amide bonds. The summed E-state index contributed by atoms with van der Waals surface area (Å²) in [6.07, 6.45) is 5.81. The largest absolute Gasteiger partial charge is 1.00 e. The predicted octanol–water partition coefficient (Wildman–Crippen LogP) is -1.54. The molecule has 2 aromatic rings. The van der Waals surface area contributed by atoms with Gasteiger partial charge in [-0.2, -0.15) is 0 Å². The minimum atomic E-state index is 0. The normalized spacial score (nSPS) is 9.41. The molecule has 0 fully saturated rings. The molecule has 2 radical (unpaired) electrons. The van der Waals surface area contributed by atoms with Crippen LogP contribution in [-0.2, 0) is 6.54 Å². The van der Waals surface area contributed by atoms with Crippen LogP contribution in [0.25, 0.3) is 6.08 Å². The zero-order chi connectivity index (χ0) is 11.4. The molecule has 0 N–H and O–H groups in total. The Hall–Kier alpha value is -1.54. The molecule has 0 spiro atoms. The van der Waals surface area contributed by atoms with Crippen LogP contribution in [0.15, 0.2) is 55.4 Å². The van der Waals surface area contributed by atoms with Crippen molar-refractivity contribution in [3.63, 3.8) is 0 Å². The van der Waals surface area contributed by atoms with Gasteiger partial charge in [0.15, 0.2) is 18.9 Å². The van der Waals surface area contributed by atoms with Crippen LogP contribution in [-0.4, -0.2) is 7.85 Å². The van der Waals surface area contributed by atoms with Gasteiger partial charge in [0.25, 0.3) is 0 Å². The van der Waals surface area contributed by atoms with E-state index in [9.17, 15) is 0 Å². The van der Waals surface area contributed by atoms with E-state index < -0.39 is 0 Å². The van der Waals surface area contributed by atoms with E-state index in [-0.39, 0.29) is 12.4 Å². The van der Waals surface area contributed by atoms with E-state index in [1.807, 2.05) is 30.6 Å². The standard InChI is InChI=1S/C14H13BN.ClH/c1-2-12-3-5-13(6-4-12)11-16-9-7-14(15)8-10-16;/h2-10H,1,11H2;1H/q+1;/p-1. The number of nitrogens with zero attached hydrogens (tertiary/aromatic N) is 1. The van der Waals surface area contributed by atoms with Gasteiger partial charge >= 0.3 is 0 Å². The van der Waals surface area contributed by atoms with Gasteiger partial charge in [-0.1, -0.05) is 42.4 Å². The Kier molecular flexibility index (Phi) is 4.98. The first-order valence-electron chi connectivity index (χ1n) is 5.24. The Bertz CT molecular complexity index is 477. The lowest BCUT2D eigenvalue weighted by Gasteiger charge is -1.99. The molecule has 0 bridgehead atoms. The maximum absolute atomic E-state index is 5.63. The lowest BCUT2D eigenvalue weighted by Crippen LogP contribution is -3.00. The highest BCUT2D eigenvalue weighted by molar-refractivity contribution is 6.32. The van der Waals surface area contributed by atoms with Crippen LogP contribution >= 0.6 is 0 Å². The zero-order valence-corrected chi connectivity index (χ0v) is 10.3. The fraction of sp³-hybridized carbons (Fsp3) is 0.0714. The van der Waals surface area contributed by atoms with Crippen molar-refractivity contribution in [2.24, 2.45) is 0 Å². The summed E-state index contributed by atoms with van der Waals surface area (Å²) in [6, 6.07) is 12.2. The van der Waals surface area contributed by atoms with Gasteiger partial charge in [0.2, 0.25) is 0 Å². The second kappa shape index (κ2) is 6.26. The number of pyridine rings is 1. The minimum absolute atomic E-state index is 0. The number of benzene rings is 1. The smallest absolute Gasteiger partial charge is 0.173 e. The van der Waals surface area contributed by atoms with Gasteiger partial charge in [0, 0.05) is 5.56 Å². The molecule has 84 valence electrons. The van der Waals surface area contributed by atoms with E-state index in [0.717, 1.165) is 17.6 Å². The van der Waals surface area contributed by atoms with E-state index >= 15 is 0 Å². The van der Waals surface area contributed by atoms with Gasteiger partial charge in [-0.25, -0.2) is 4.57 Å². The zero-order valence-electron chi connectivity index (χ0n) is 9.51. The Morgan fingerprint density at radius 3 is 2.18 bits per heavy atom. The van der Waals surface area contributed by atoms with Crippen LogP contribution in [0.1, 0.15) is 11.1 Å². The fourth-order valence-electron chi connectivity index (χ4n) is 1.54. The molecule has 1 aromatic heterocycles. The van der Waals surface area contributed by atoms with E-state index in [4.69, 9.17) is 7.85 Å². The first-order chi connectivity index (χ1) is 7.78. The Morgan fingerprint density at radius 1 is 1.06 bits per heavy atom. The molecule has 1 heterocycles. The van der Waals surface area contributed by atoms with Crippen molar-refractivity contribution < 1.29 is 17.0 Å². The fourth-order valence-corrected chi connectivity index (χ4v) is 1.54. The number of hydrogen-bond donors (Lipinski definition) is 0. The van der Waals surface area contributed by atoms with Crippen LogP contribution in [0.4, 0.5) is 0 Å². The van der Waals surface area contributed by atoms with Gasteiger partial charge < -0.3 is 12.4 Å². The highest BCUT2D eigenvalue weighted by Crippen LogP contribution is 2.04. The molecule has 0 aliphatic heterocycles. The molecule has 0 atom stereocenters. The quantitative estimate of drug-likeness (QED) is 0.453. The van der Waals surface area contributed by atoms with E-state index in [0.29, 0.717) is 0 Å². The topological polar surface area (TPSA) is 3.88 Å². The summed E-state index contributed by atoms with van der Waals surface area (Å²) < 4.78 is 2.10. The summed E-state index contributed by atoms with van der Waals surface area (Å²) in [6.45, 7) is 4.59. The number of hydrogen-bond acceptors (Lipinski definition) is 0. The van der Waals surface area contributed by atoms with Gasteiger partial charge in [0.05, 0.1) is 0 Å². The van der Waals surface area contributed by atoms with E-state index in [2.05, 4.69) is 35.4 Å². The number of aromatic nitrogens is 1. The summed E-state index contributed by atoms with van der Waals surface area (Å²) in [5, 5.41) is 0. The summed E-state index contributed by atoms with van der Waals surface area (Å²) in [4.78, 5) is 0. The molecular weight excluding hydrogens is 228 g/mol. The van der Waals surface area contributed by atoms with E-state index in [1.165, 1.54) is 5.56 Å². The summed E-state index contributed by atoms with van der Waals surface area (Å²) in [5.74, 6) is 0. The SMILES string of the molecule is [B]c1cc[n+](Cc2ccc(C=C)cc2)cc1.[Cl-]. The van der Waals surface area contributed by atoms with Gasteiger partial charge in [-0.05, 0) is 17.7 Å². The van der Waals surface area contributed by atoms with Crippen molar-refractivity contribution in [2.75, 3.05) is 0 Å². The third-order valence-electron chi connectivity index (χ3n) is 2.50. The third kappa shape index (κ3) is 3.75.